The summed E-state index contributed by atoms with van der Waals surface area (Å²) in [7, 11) is 0. The second-order valence-corrected chi connectivity index (χ2v) is 7.02. The van der Waals surface area contributed by atoms with E-state index < -0.39 is 17.7 Å². The maximum Gasteiger partial charge on any atom is 0.421 e. The normalized spacial score (nSPS) is 11.2. The molecule has 0 saturated heterocycles. The molecule has 0 saturated carbocycles. The quantitative estimate of drug-likeness (QED) is 0.380. The molecule has 3 rings (SSSR count). The molecule has 1 heterocycles. The molecule has 4 N–H and O–H groups in total. The number of benzene rings is 2. The number of carboxylic acids is 1. The van der Waals surface area contributed by atoms with Crippen molar-refractivity contribution in [3.8, 4) is 5.75 Å². The first-order valence-corrected chi connectivity index (χ1v) is 9.74. The minimum absolute atomic E-state index is 0.00637. The molecule has 0 atom stereocenters. The van der Waals surface area contributed by atoms with Crippen LogP contribution in [0.4, 0.5) is 30.6 Å². The van der Waals surface area contributed by atoms with Crippen LogP contribution >= 0.6 is 0 Å². The fourth-order valence-electron chi connectivity index (χ4n) is 2.96. The zero-order valence-electron chi connectivity index (χ0n) is 16.9. The van der Waals surface area contributed by atoms with Crippen LogP contribution in [-0.2, 0) is 23.8 Å². The van der Waals surface area contributed by atoms with E-state index in [1.165, 1.54) is 6.07 Å². The van der Waals surface area contributed by atoms with Crippen molar-refractivity contribution in [2.24, 2.45) is 0 Å². The fourth-order valence-corrected chi connectivity index (χ4v) is 2.96. The molecule has 0 spiro atoms. The van der Waals surface area contributed by atoms with Crippen molar-refractivity contribution < 1.29 is 28.2 Å². The largest absolute Gasteiger partial charge is 0.508 e. The number of alkyl halides is 3. The van der Waals surface area contributed by atoms with Gasteiger partial charge in [0.25, 0.3) is 0 Å². The second-order valence-electron chi connectivity index (χ2n) is 7.02. The Bertz CT molecular complexity index is 1070. The van der Waals surface area contributed by atoms with Crippen LogP contribution in [0.25, 0.3) is 0 Å². The smallest absolute Gasteiger partial charge is 0.421 e. The van der Waals surface area contributed by atoms with Gasteiger partial charge in [0, 0.05) is 24.8 Å². The maximum absolute atomic E-state index is 13.4. The van der Waals surface area contributed by atoms with Crippen molar-refractivity contribution in [1.29, 1.82) is 0 Å². The van der Waals surface area contributed by atoms with Crippen molar-refractivity contribution >= 4 is 23.4 Å². The molecule has 3 aromatic rings. The molecule has 1 aromatic heterocycles. The van der Waals surface area contributed by atoms with Gasteiger partial charge in [-0.05, 0) is 48.2 Å². The summed E-state index contributed by atoms with van der Waals surface area (Å²) < 4.78 is 40.1. The van der Waals surface area contributed by atoms with Crippen LogP contribution in [0.1, 0.15) is 23.1 Å². The van der Waals surface area contributed by atoms with Gasteiger partial charge < -0.3 is 20.8 Å². The molecule has 0 aliphatic carbocycles. The predicted molar refractivity (Wildman–Crippen MR) is 113 cm³/mol. The first-order chi connectivity index (χ1) is 15.2. The van der Waals surface area contributed by atoms with Gasteiger partial charge in [0.2, 0.25) is 5.95 Å². The summed E-state index contributed by atoms with van der Waals surface area (Å²) >= 11 is 0. The number of anilines is 3. The summed E-state index contributed by atoms with van der Waals surface area (Å²) in [6.45, 7) is 0.168. The number of phenols is 1. The Hall–Kier alpha value is -3.82. The highest BCUT2D eigenvalue weighted by atomic mass is 19.4. The van der Waals surface area contributed by atoms with E-state index in [4.69, 9.17) is 5.11 Å². The average molecular weight is 446 g/mol. The van der Waals surface area contributed by atoms with E-state index in [1.54, 1.807) is 42.5 Å². The van der Waals surface area contributed by atoms with Gasteiger partial charge in [-0.15, -0.1) is 0 Å². The molecule has 7 nitrogen and oxygen atoms in total. The number of nitrogens with zero attached hydrogens (tertiary/aromatic N) is 2. The third-order valence-electron chi connectivity index (χ3n) is 4.55. The highest BCUT2D eigenvalue weighted by Gasteiger charge is 2.35. The third-order valence-corrected chi connectivity index (χ3v) is 4.55. The molecule has 0 radical (unpaired) electrons. The van der Waals surface area contributed by atoms with Crippen LogP contribution in [0.3, 0.4) is 0 Å². The topological polar surface area (TPSA) is 107 Å². The number of rotatable bonds is 9. The molecule has 0 unspecified atom stereocenters. The number of hydrogen-bond donors (Lipinski definition) is 4. The van der Waals surface area contributed by atoms with Crippen molar-refractivity contribution in [3.63, 3.8) is 0 Å². The first-order valence-electron chi connectivity index (χ1n) is 9.74. The third kappa shape index (κ3) is 6.59. The number of aromatic hydroxyl groups is 1. The number of hydrogen-bond acceptors (Lipinski definition) is 6. The molecule has 10 heteroatoms. The van der Waals surface area contributed by atoms with Crippen LogP contribution in [0.5, 0.6) is 5.75 Å². The lowest BCUT2D eigenvalue weighted by molar-refractivity contribution is -0.138. The lowest BCUT2D eigenvalue weighted by atomic mass is 10.1. The highest BCUT2D eigenvalue weighted by molar-refractivity contribution is 5.67. The van der Waals surface area contributed by atoms with E-state index in [-0.39, 0.29) is 30.5 Å². The monoisotopic (exact) mass is 446 g/mol. The number of phenolic OH excluding ortho intramolecular Hbond substituents is 1. The number of nitrogens with one attached hydrogen (secondary N) is 2. The Balaban J connectivity index is 1.71. The van der Waals surface area contributed by atoms with Gasteiger partial charge >= 0.3 is 12.1 Å². The highest BCUT2D eigenvalue weighted by Crippen LogP contribution is 2.34. The Morgan fingerprint density at radius 1 is 1.03 bits per heavy atom. The van der Waals surface area contributed by atoms with Crippen LogP contribution in [0, 0.1) is 0 Å². The van der Waals surface area contributed by atoms with Gasteiger partial charge in [0.15, 0.2) is 0 Å². The Labute approximate surface area is 182 Å². The van der Waals surface area contributed by atoms with Gasteiger partial charge in [0.05, 0.1) is 0 Å². The Morgan fingerprint density at radius 2 is 1.78 bits per heavy atom. The fraction of sp³-hybridized carbons (Fsp3) is 0.227. The molecular weight excluding hydrogens is 425 g/mol. The number of carbonyl (C=O) groups is 1. The van der Waals surface area contributed by atoms with E-state index in [1.807, 2.05) is 0 Å². The van der Waals surface area contributed by atoms with Crippen LogP contribution in [0.2, 0.25) is 0 Å². The summed E-state index contributed by atoms with van der Waals surface area (Å²) in [5.74, 6) is -1.18. The second kappa shape index (κ2) is 9.99. The molecule has 32 heavy (non-hydrogen) atoms. The van der Waals surface area contributed by atoms with Gasteiger partial charge in [-0.25, -0.2) is 4.98 Å². The summed E-state index contributed by atoms with van der Waals surface area (Å²) in [4.78, 5) is 18.4. The minimum atomic E-state index is -4.63. The number of aromatic nitrogens is 2. The van der Waals surface area contributed by atoms with Crippen LogP contribution in [0.15, 0.2) is 54.7 Å². The summed E-state index contributed by atoms with van der Waals surface area (Å²) in [6.07, 6.45) is -3.15. The molecule has 0 fully saturated rings. The first kappa shape index (κ1) is 22.9. The van der Waals surface area contributed by atoms with Crippen LogP contribution in [-0.4, -0.2) is 32.7 Å². The summed E-state index contributed by atoms with van der Waals surface area (Å²) in [5.41, 5.74) is 1.15. The Morgan fingerprint density at radius 3 is 2.44 bits per heavy atom. The molecule has 0 aliphatic heterocycles. The van der Waals surface area contributed by atoms with Gasteiger partial charge in [-0.1, -0.05) is 24.3 Å². The molecule has 2 aromatic carbocycles. The number of halogens is 3. The summed E-state index contributed by atoms with van der Waals surface area (Å²) in [6, 6.07) is 13.3. The van der Waals surface area contributed by atoms with Gasteiger partial charge in [0.1, 0.15) is 17.1 Å². The lowest BCUT2D eigenvalue weighted by Crippen LogP contribution is -2.16. The average Bonchev–Trinajstić information content (AvgIpc) is 2.73. The predicted octanol–water partition coefficient (Wildman–Crippen LogP) is 4.62. The van der Waals surface area contributed by atoms with E-state index in [9.17, 15) is 23.1 Å². The van der Waals surface area contributed by atoms with E-state index in [0.717, 1.165) is 11.1 Å². The number of aryl methyl sites for hydroxylation is 1. The maximum atomic E-state index is 13.4. The molecule has 168 valence electrons. The van der Waals surface area contributed by atoms with Crippen molar-refractivity contribution in [3.05, 3.63) is 71.4 Å². The standard InChI is InChI=1S/C22H21F3N4O3/c23-22(24,25)18-13-27-21(28-16-7-4-14(5-8-16)6-9-19(31)32)29-20(18)26-11-10-15-2-1-3-17(30)12-15/h1-5,7-8,12-13,30H,6,9-11H2,(H,31,32)(H2,26,27,28,29). The van der Waals surface area contributed by atoms with Crippen molar-refractivity contribution in [2.75, 3.05) is 17.2 Å². The van der Waals surface area contributed by atoms with E-state index >= 15 is 0 Å². The Kier molecular flexibility index (Phi) is 7.14. The lowest BCUT2D eigenvalue weighted by Gasteiger charge is -2.15. The number of aliphatic carboxylic acids is 1. The zero-order chi connectivity index (χ0) is 23.1. The van der Waals surface area contributed by atoms with Crippen molar-refractivity contribution in [1.82, 2.24) is 9.97 Å². The molecular formula is C22H21F3N4O3. The van der Waals surface area contributed by atoms with Crippen molar-refractivity contribution in [2.45, 2.75) is 25.4 Å². The minimum Gasteiger partial charge on any atom is -0.508 e. The van der Waals surface area contributed by atoms with Crippen LogP contribution < -0.4 is 10.6 Å². The van der Waals surface area contributed by atoms with E-state index in [0.29, 0.717) is 24.7 Å². The number of carboxylic acid groups (broad SMARTS) is 1. The zero-order valence-corrected chi connectivity index (χ0v) is 16.9. The van der Waals surface area contributed by atoms with Gasteiger partial charge in [-0.3, -0.25) is 4.79 Å². The summed E-state index contributed by atoms with van der Waals surface area (Å²) in [5, 5.41) is 23.8. The molecule has 0 bridgehead atoms. The van der Waals surface area contributed by atoms with Gasteiger partial charge in [-0.2, -0.15) is 18.2 Å². The molecule has 0 aliphatic rings. The molecule has 0 amide bonds. The SMILES string of the molecule is O=C(O)CCc1ccc(Nc2ncc(C(F)(F)F)c(NCCc3cccc(O)c3)n2)cc1. The van der Waals surface area contributed by atoms with E-state index in [2.05, 4.69) is 20.6 Å².